The van der Waals surface area contributed by atoms with Crippen LogP contribution in [-0.2, 0) is 0 Å². The number of thioether (sulfide) groups is 1. The number of nitrogens with one attached hydrogen (secondary N) is 1. The standard InChI is InChI=1S/C9H22N2S/c1-4-7-11(2)8-5-10-6-9-12-3/h10H,4-9H2,1-3H3. The van der Waals surface area contributed by atoms with E-state index in [4.69, 9.17) is 0 Å². The molecule has 0 amide bonds. The van der Waals surface area contributed by atoms with Crippen molar-refractivity contribution >= 4 is 11.8 Å². The summed E-state index contributed by atoms with van der Waals surface area (Å²) in [6.45, 7) is 6.86. The Balaban J connectivity index is 2.97. The van der Waals surface area contributed by atoms with Crippen LogP contribution in [0.25, 0.3) is 0 Å². The van der Waals surface area contributed by atoms with E-state index in [0.29, 0.717) is 0 Å². The zero-order chi connectivity index (χ0) is 9.23. The molecule has 3 heteroatoms. The van der Waals surface area contributed by atoms with Crippen LogP contribution in [0.3, 0.4) is 0 Å². The van der Waals surface area contributed by atoms with E-state index in [2.05, 4.69) is 30.4 Å². The molecule has 0 aliphatic carbocycles. The van der Waals surface area contributed by atoms with Gasteiger partial charge in [0.15, 0.2) is 0 Å². The minimum Gasteiger partial charge on any atom is -0.315 e. The first-order valence-corrected chi connectivity index (χ1v) is 6.08. The maximum absolute atomic E-state index is 3.41. The summed E-state index contributed by atoms with van der Waals surface area (Å²) in [5.41, 5.74) is 0. The largest absolute Gasteiger partial charge is 0.315 e. The molecular weight excluding hydrogens is 168 g/mol. The first-order chi connectivity index (χ1) is 5.81. The molecule has 0 fully saturated rings. The highest BCUT2D eigenvalue weighted by atomic mass is 32.2. The highest BCUT2D eigenvalue weighted by molar-refractivity contribution is 7.98. The molecule has 0 bridgehead atoms. The quantitative estimate of drug-likeness (QED) is 0.581. The van der Waals surface area contributed by atoms with Crippen LogP contribution in [0.5, 0.6) is 0 Å². The lowest BCUT2D eigenvalue weighted by Crippen LogP contribution is -2.30. The van der Waals surface area contributed by atoms with Crippen molar-refractivity contribution in [1.82, 2.24) is 10.2 Å². The maximum Gasteiger partial charge on any atom is 0.0104 e. The van der Waals surface area contributed by atoms with Gasteiger partial charge in [0.25, 0.3) is 0 Å². The third kappa shape index (κ3) is 8.37. The highest BCUT2D eigenvalue weighted by Crippen LogP contribution is 1.87. The highest BCUT2D eigenvalue weighted by Gasteiger charge is 1.94. The molecule has 0 aromatic carbocycles. The van der Waals surface area contributed by atoms with Crippen molar-refractivity contribution in [2.75, 3.05) is 45.2 Å². The fourth-order valence-electron chi connectivity index (χ4n) is 1.06. The van der Waals surface area contributed by atoms with E-state index in [1.807, 2.05) is 11.8 Å². The van der Waals surface area contributed by atoms with E-state index in [9.17, 15) is 0 Å². The summed E-state index contributed by atoms with van der Waals surface area (Å²) in [4.78, 5) is 2.37. The van der Waals surface area contributed by atoms with Crippen molar-refractivity contribution in [1.29, 1.82) is 0 Å². The molecule has 0 rings (SSSR count). The van der Waals surface area contributed by atoms with E-state index in [-0.39, 0.29) is 0 Å². The molecule has 1 N–H and O–H groups in total. The van der Waals surface area contributed by atoms with Crippen molar-refractivity contribution in [3.05, 3.63) is 0 Å². The Morgan fingerprint density at radius 2 is 2.00 bits per heavy atom. The Kier molecular flexibility index (Phi) is 9.57. The molecule has 0 aromatic rings. The van der Waals surface area contributed by atoms with Crippen LogP contribution in [-0.4, -0.2) is 50.1 Å². The Hall–Kier alpha value is 0.270. The molecule has 0 saturated heterocycles. The van der Waals surface area contributed by atoms with Crippen LogP contribution >= 0.6 is 11.8 Å². The Labute approximate surface area is 81.1 Å². The zero-order valence-electron chi connectivity index (χ0n) is 8.60. The van der Waals surface area contributed by atoms with E-state index in [1.165, 1.54) is 25.3 Å². The average molecular weight is 190 g/mol. The lowest BCUT2D eigenvalue weighted by atomic mass is 10.4. The second kappa shape index (κ2) is 9.36. The van der Waals surface area contributed by atoms with Gasteiger partial charge in [0.2, 0.25) is 0 Å². The van der Waals surface area contributed by atoms with Gasteiger partial charge in [-0.2, -0.15) is 11.8 Å². The third-order valence-electron chi connectivity index (χ3n) is 1.76. The van der Waals surface area contributed by atoms with Crippen molar-refractivity contribution in [3.8, 4) is 0 Å². The summed E-state index contributed by atoms with van der Waals surface area (Å²) < 4.78 is 0. The molecule has 2 nitrogen and oxygen atoms in total. The first-order valence-electron chi connectivity index (χ1n) is 4.69. The van der Waals surface area contributed by atoms with Gasteiger partial charge in [-0.1, -0.05) is 6.92 Å². The number of likely N-dealkylation sites (N-methyl/N-ethyl adjacent to an activating group) is 1. The number of nitrogens with zero attached hydrogens (tertiary/aromatic N) is 1. The third-order valence-corrected chi connectivity index (χ3v) is 2.37. The van der Waals surface area contributed by atoms with Gasteiger partial charge in [0.1, 0.15) is 0 Å². The van der Waals surface area contributed by atoms with Gasteiger partial charge in [-0.3, -0.25) is 0 Å². The normalized spacial score (nSPS) is 11.0. The van der Waals surface area contributed by atoms with Gasteiger partial charge in [-0.25, -0.2) is 0 Å². The van der Waals surface area contributed by atoms with Crippen LogP contribution in [0.15, 0.2) is 0 Å². The van der Waals surface area contributed by atoms with E-state index in [1.54, 1.807) is 0 Å². The van der Waals surface area contributed by atoms with Crippen LogP contribution in [0.2, 0.25) is 0 Å². The molecule has 12 heavy (non-hydrogen) atoms. The van der Waals surface area contributed by atoms with E-state index >= 15 is 0 Å². The number of hydrogen-bond donors (Lipinski definition) is 1. The number of hydrogen-bond acceptors (Lipinski definition) is 3. The lowest BCUT2D eigenvalue weighted by Gasteiger charge is -2.15. The van der Waals surface area contributed by atoms with Crippen LogP contribution in [0.1, 0.15) is 13.3 Å². The van der Waals surface area contributed by atoms with E-state index in [0.717, 1.165) is 13.1 Å². The molecule has 0 aromatic heterocycles. The summed E-state index contributed by atoms with van der Waals surface area (Å²) in [7, 11) is 2.18. The molecule has 0 spiro atoms. The molecule has 0 aliphatic heterocycles. The fourth-order valence-corrected chi connectivity index (χ4v) is 1.41. The summed E-state index contributed by atoms with van der Waals surface area (Å²) in [6, 6.07) is 0. The van der Waals surface area contributed by atoms with Crippen LogP contribution < -0.4 is 5.32 Å². The molecular formula is C9H22N2S. The van der Waals surface area contributed by atoms with Gasteiger partial charge in [-0.15, -0.1) is 0 Å². The van der Waals surface area contributed by atoms with Crippen molar-refractivity contribution in [2.24, 2.45) is 0 Å². The average Bonchev–Trinajstić information content (AvgIpc) is 2.05. The summed E-state index contributed by atoms with van der Waals surface area (Å²) >= 11 is 1.89. The Morgan fingerprint density at radius 1 is 1.25 bits per heavy atom. The van der Waals surface area contributed by atoms with Gasteiger partial charge in [0, 0.05) is 25.4 Å². The minimum absolute atomic E-state index is 1.12. The minimum atomic E-state index is 1.12. The van der Waals surface area contributed by atoms with Crippen molar-refractivity contribution < 1.29 is 0 Å². The second-order valence-electron chi connectivity index (χ2n) is 3.05. The molecule has 0 unspecified atom stereocenters. The maximum atomic E-state index is 3.41. The van der Waals surface area contributed by atoms with Crippen LogP contribution in [0.4, 0.5) is 0 Å². The lowest BCUT2D eigenvalue weighted by molar-refractivity contribution is 0.333. The summed E-state index contributed by atoms with van der Waals surface area (Å²) in [5, 5.41) is 3.41. The van der Waals surface area contributed by atoms with Crippen molar-refractivity contribution in [3.63, 3.8) is 0 Å². The van der Waals surface area contributed by atoms with E-state index < -0.39 is 0 Å². The molecule has 74 valence electrons. The SMILES string of the molecule is CCCN(C)CCNCCSC. The molecule has 0 aliphatic rings. The van der Waals surface area contributed by atoms with Gasteiger partial charge >= 0.3 is 0 Å². The molecule has 0 heterocycles. The zero-order valence-corrected chi connectivity index (χ0v) is 9.41. The topological polar surface area (TPSA) is 15.3 Å². The van der Waals surface area contributed by atoms with Crippen LogP contribution in [0, 0.1) is 0 Å². The predicted octanol–water partition coefficient (Wildman–Crippen LogP) is 1.28. The Morgan fingerprint density at radius 3 is 2.58 bits per heavy atom. The summed E-state index contributed by atoms with van der Waals surface area (Å²) in [6.07, 6.45) is 3.40. The first kappa shape index (κ1) is 12.3. The van der Waals surface area contributed by atoms with Crippen molar-refractivity contribution in [2.45, 2.75) is 13.3 Å². The van der Waals surface area contributed by atoms with Gasteiger partial charge in [0.05, 0.1) is 0 Å². The van der Waals surface area contributed by atoms with Gasteiger partial charge < -0.3 is 10.2 Å². The molecule has 0 atom stereocenters. The summed E-state index contributed by atoms with van der Waals surface area (Å²) in [5.74, 6) is 1.22. The second-order valence-corrected chi connectivity index (χ2v) is 4.03. The molecule has 0 saturated carbocycles. The smallest absolute Gasteiger partial charge is 0.0104 e. The molecule has 0 radical (unpaired) electrons. The fraction of sp³-hybridized carbons (Fsp3) is 1.00. The predicted molar refractivity (Wildman–Crippen MR) is 59.0 cm³/mol. The van der Waals surface area contributed by atoms with Gasteiger partial charge in [-0.05, 0) is 26.3 Å². The Bertz CT molecular complexity index is 88.6. The monoisotopic (exact) mass is 190 g/mol. The number of rotatable bonds is 8.